The van der Waals surface area contributed by atoms with Crippen LogP contribution in [-0.2, 0) is 13.6 Å². The molecule has 2 aromatic rings. The minimum atomic E-state index is -0.182. The van der Waals surface area contributed by atoms with E-state index in [2.05, 4.69) is 41.9 Å². The highest BCUT2D eigenvalue weighted by Crippen LogP contribution is 2.13. The third-order valence-corrected chi connectivity index (χ3v) is 2.43. The monoisotopic (exact) mass is 284 g/mol. The number of nitrogens with one attached hydrogen (secondary N) is 2. The maximum Gasteiger partial charge on any atom is 0.268 e. The number of rotatable bonds is 3. The predicted octanol–water partition coefficient (Wildman–Crippen LogP) is 0.231. The number of aromatic nitrogens is 5. The maximum absolute atomic E-state index is 11.7. The molecular formula is C8H9BrN6O. The zero-order chi connectivity index (χ0) is 11.5. The summed E-state index contributed by atoms with van der Waals surface area (Å²) in [6, 6.07) is 1.74. The van der Waals surface area contributed by atoms with Crippen molar-refractivity contribution in [2.24, 2.45) is 7.05 Å². The molecule has 0 bridgehead atoms. The number of carbonyl (C=O) groups excluding carboxylic acids is 1. The molecule has 0 saturated carbocycles. The number of halogens is 1. The van der Waals surface area contributed by atoms with E-state index in [0.717, 1.165) is 4.47 Å². The first kappa shape index (κ1) is 10.8. The molecule has 2 rings (SSSR count). The van der Waals surface area contributed by atoms with Gasteiger partial charge in [0.05, 0.1) is 6.54 Å². The first-order valence-electron chi connectivity index (χ1n) is 4.49. The number of nitrogens with zero attached hydrogens (tertiary/aromatic N) is 4. The second-order valence-electron chi connectivity index (χ2n) is 3.17. The summed E-state index contributed by atoms with van der Waals surface area (Å²) in [6.07, 6.45) is 1.81. The molecule has 0 fully saturated rings. The summed E-state index contributed by atoms with van der Waals surface area (Å²) in [7, 11) is 1.80. The highest BCUT2D eigenvalue weighted by atomic mass is 79.9. The highest BCUT2D eigenvalue weighted by Gasteiger charge is 2.11. The van der Waals surface area contributed by atoms with Gasteiger partial charge in [0.15, 0.2) is 5.82 Å². The molecule has 2 N–H and O–H groups in total. The van der Waals surface area contributed by atoms with Crippen LogP contribution in [0.15, 0.2) is 16.7 Å². The number of hydrogen-bond acceptors (Lipinski definition) is 4. The van der Waals surface area contributed by atoms with E-state index >= 15 is 0 Å². The van der Waals surface area contributed by atoms with E-state index in [1.165, 1.54) is 0 Å². The van der Waals surface area contributed by atoms with Crippen molar-refractivity contribution in [3.8, 4) is 0 Å². The van der Waals surface area contributed by atoms with Crippen LogP contribution in [0.5, 0.6) is 0 Å². The Hall–Kier alpha value is -1.70. The molecule has 0 aliphatic heterocycles. The number of aromatic amines is 1. The SMILES string of the molecule is Cn1cc(Br)cc1C(=O)NCc1nn[nH]n1. The van der Waals surface area contributed by atoms with E-state index in [4.69, 9.17) is 0 Å². The molecule has 7 nitrogen and oxygen atoms in total. The quantitative estimate of drug-likeness (QED) is 0.845. The maximum atomic E-state index is 11.7. The van der Waals surface area contributed by atoms with Gasteiger partial charge in [-0.3, -0.25) is 4.79 Å². The molecule has 2 aromatic heterocycles. The number of aryl methyl sites for hydroxylation is 1. The Kier molecular flexibility index (Phi) is 3.00. The molecule has 0 saturated heterocycles. The van der Waals surface area contributed by atoms with Crippen LogP contribution in [0.2, 0.25) is 0 Å². The number of carbonyl (C=O) groups is 1. The third-order valence-electron chi connectivity index (χ3n) is 2.00. The van der Waals surface area contributed by atoms with Crippen LogP contribution in [0.1, 0.15) is 16.3 Å². The zero-order valence-electron chi connectivity index (χ0n) is 8.44. The van der Waals surface area contributed by atoms with E-state index in [1.54, 1.807) is 17.7 Å². The minimum Gasteiger partial charge on any atom is -0.345 e. The van der Waals surface area contributed by atoms with Crippen molar-refractivity contribution in [2.75, 3.05) is 0 Å². The van der Waals surface area contributed by atoms with Gasteiger partial charge in [-0.15, -0.1) is 10.2 Å². The van der Waals surface area contributed by atoms with Crippen molar-refractivity contribution < 1.29 is 4.79 Å². The normalized spacial score (nSPS) is 10.4. The molecule has 8 heteroatoms. The fourth-order valence-electron chi connectivity index (χ4n) is 1.26. The summed E-state index contributed by atoms with van der Waals surface area (Å²) in [5.74, 6) is 0.264. The van der Waals surface area contributed by atoms with E-state index in [1.807, 2.05) is 6.20 Å². The van der Waals surface area contributed by atoms with E-state index in [0.29, 0.717) is 11.5 Å². The van der Waals surface area contributed by atoms with Crippen LogP contribution in [0, 0.1) is 0 Å². The summed E-state index contributed by atoms with van der Waals surface area (Å²) in [5, 5.41) is 15.9. The van der Waals surface area contributed by atoms with E-state index < -0.39 is 0 Å². The number of amides is 1. The van der Waals surface area contributed by atoms with Gasteiger partial charge in [-0.05, 0) is 22.0 Å². The molecule has 0 aliphatic carbocycles. The molecular weight excluding hydrogens is 276 g/mol. The Morgan fingerprint density at radius 1 is 1.69 bits per heavy atom. The Balaban J connectivity index is 2.01. The lowest BCUT2D eigenvalue weighted by atomic mass is 10.4. The van der Waals surface area contributed by atoms with E-state index in [9.17, 15) is 4.79 Å². The minimum absolute atomic E-state index is 0.182. The lowest BCUT2D eigenvalue weighted by Gasteiger charge is -2.02. The molecule has 0 unspecified atom stereocenters. The molecule has 1 amide bonds. The van der Waals surface area contributed by atoms with Gasteiger partial charge < -0.3 is 9.88 Å². The van der Waals surface area contributed by atoms with Crippen LogP contribution in [0.3, 0.4) is 0 Å². The zero-order valence-corrected chi connectivity index (χ0v) is 10.0. The van der Waals surface area contributed by atoms with Gasteiger partial charge in [-0.2, -0.15) is 5.21 Å². The Labute approximate surface area is 99.4 Å². The van der Waals surface area contributed by atoms with Crippen molar-refractivity contribution in [1.82, 2.24) is 30.5 Å². The highest BCUT2D eigenvalue weighted by molar-refractivity contribution is 9.10. The number of tetrazole rings is 1. The van der Waals surface area contributed by atoms with Crippen LogP contribution >= 0.6 is 15.9 Å². The lowest BCUT2D eigenvalue weighted by molar-refractivity contribution is 0.0942. The average Bonchev–Trinajstić information content (AvgIpc) is 2.84. The van der Waals surface area contributed by atoms with Gasteiger partial charge in [0.1, 0.15) is 5.69 Å². The van der Waals surface area contributed by atoms with Crippen LogP contribution in [-0.4, -0.2) is 31.1 Å². The predicted molar refractivity (Wildman–Crippen MR) is 58.5 cm³/mol. The summed E-state index contributed by atoms with van der Waals surface area (Å²) in [5.41, 5.74) is 0.565. The van der Waals surface area contributed by atoms with E-state index in [-0.39, 0.29) is 12.5 Å². The molecule has 0 aromatic carbocycles. The van der Waals surface area contributed by atoms with Crippen molar-refractivity contribution in [3.63, 3.8) is 0 Å². The lowest BCUT2D eigenvalue weighted by Crippen LogP contribution is -2.25. The largest absolute Gasteiger partial charge is 0.345 e. The molecule has 0 radical (unpaired) electrons. The summed E-state index contributed by atoms with van der Waals surface area (Å²) in [6.45, 7) is 0.248. The fraction of sp³-hybridized carbons (Fsp3) is 0.250. The molecule has 0 aliphatic rings. The van der Waals surface area contributed by atoms with Gasteiger partial charge >= 0.3 is 0 Å². The molecule has 84 valence electrons. The Morgan fingerprint density at radius 2 is 2.50 bits per heavy atom. The van der Waals surface area contributed by atoms with Crippen molar-refractivity contribution in [2.45, 2.75) is 6.54 Å². The van der Waals surface area contributed by atoms with Crippen molar-refractivity contribution >= 4 is 21.8 Å². The first-order valence-corrected chi connectivity index (χ1v) is 5.28. The Bertz CT molecular complexity index is 491. The van der Waals surface area contributed by atoms with Crippen molar-refractivity contribution in [1.29, 1.82) is 0 Å². The third kappa shape index (κ3) is 2.27. The Morgan fingerprint density at radius 3 is 3.06 bits per heavy atom. The van der Waals surface area contributed by atoms with Crippen molar-refractivity contribution in [3.05, 3.63) is 28.3 Å². The standard InChI is InChI=1S/C8H9BrN6O/c1-15-4-5(9)2-6(15)8(16)10-3-7-11-13-14-12-7/h2,4H,3H2,1H3,(H,10,16)(H,11,12,13,14). The van der Waals surface area contributed by atoms with Crippen LogP contribution in [0.4, 0.5) is 0 Å². The molecule has 16 heavy (non-hydrogen) atoms. The number of hydrogen-bond donors (Lipinski definition) is 2. The summed E-state index contributed by atoms with van der Waals surface area (Å²) in [4.78, 5) is 11.7. The molecule has 0 atom stereocenters. The topological polar surface area (TPSA) is 88.5 Å². The van der Waals surface area contributed by atoms with Gasteiger partial charge in [0.2, 0.25) is 0 Å². The summed E-state index contributed by atoms with van der Waals surface area (Å²) >= 11 is 3.30. The summed E-state index contributed by atoms with van der Waals surface area (Å²) < 4.78 is 2.59. The van der Waals surface area contributed by atoms with Crippen LogP contribution < -0.4 is 5.32 Å². The van der Waals surface area contributed by atoms with Gasteiger partial charge in [0, 0.05) is 17.7 Å². The first-order chi connectivity index (χ1) is 7.66. The second kappa shape index (κ2) is 4.44. The smallest absolute Gasteiger partial charge is 0.268 e. The number of H-pyrrole nitrogens is 1. The fourth-order valence-corrected chi connectivity index (χ4v) is 1.78. The van der Waals surface area contributed by atoms with Gasteiger partial charge in [-0.1, -0.05) is 5.21 Å². The van der Waals surface area contributed by atoms with Gasteiger partial charge in [-0.25, -0.2) is 0 Å². The second-order valence-corrected chi connectivity index (χ2v) is 4.08. The average molecular weight is 285 g/mol. The molecule has 2 heterocycles. The van der Waals surface area contributed by atoms with Crippen LogP contribution in [0.25, 0.3) is 0 Å². The van der Waals surface area contributed by atoms with Gasteiger partial charge in [0.25, 0.3) is 5.91 Å². The molecule has 0 spiro atoms.